The van der Waals surface area contributed by atoms with E-state index in [9.17, 15) is 14.0 Å². The molecule has 0 radical (unpaired) electrons. The van der Waals surface area contributed by atoms with Crippen molar-refractivity contribution in [2.24, 2.45) is 0 Å². The highest BCUT2D eigenvalue weighted by Gasteiger charge is 2.18. The molecule has 2 N–H and O–H groups in total. The molecule has 1 heterocycles. The average molecular weight is 278 g/mol. The van der Waals surface area contributed by atoms with E-state index in [1.807, 2.05) is 6.92 Å². The molecule has 1 aliphatic rings. The van der Waals surface area contributed by atoms with Gasteiger partial charge in [-0.05, 0) is 31.5 Å². The van der Waals surface area contributed by atoms with Crippen molar-refractivity contribution in [2.45, 2.75) is 13.3 Å². The van der Waals surface area contributed by atoms with Gasteiger partial charge in [-0.2, -0.15) is 0 Å². The van der Waals surface area contributed by atoms with Gasteiger partial charge in [-0.15, -0.1) is 0 Å². The lowest BCUT2D eigenvalue weighted by molar-refractivity contribution is 0.0696. The number of hydrogen-bond donors (Lipinski definition) is 2. The van der Waals surface area contributed by atoms with E-state index in [0.29, 0.717) is 13.1 Å². The number of carboxylic acids is 1. The van der Waals surface area contributed by atoms with Gasteiger partial charge in [0.2, 0.25) is 0 Å². The molecule has 0 unspecified atom stereocenters. The zero-order chi connectivity index (χ0) is 14.7. The number of benzene rings is 1. The maximum absolute atomic E-state index is 13.7. The first-order chi connectivity index (χ1) is 9.47. The molecule has 2 rings (SSSR count). The molecule has 0 saturated carbocycles. The predicted molar refractivity (Wildman–Crippen MR) is 72.3 cm³/mol. The number of nitrogens with zero attached hydrogens (tertiary/aromatic N) is 1. The molecule has 0 atom stereocenters. The highest BCUT2D eigenvalue weighted by molar-refractivity contribution is 5.92. The lowest BCUT2D eigenvalue weighted by Crippen LogP contribution is -2.38. The van der Waals surface area contributed by atoms with Gasteiger partial charge in [0.05, 0.1) is 11.3 Å². The second kappa shape index (κ2) is 5.73. The van der Waals surface area contributed by atoms with Crippen molar-refractivity contribution in [3.05, 3.63) is 41.2 Å². The van der Waals surface area contributed by atoms with E-state index >= 15 is 0 Å². The predicted octanol–water partition coefficient (Wildman–Crippen LogP) is 2.71. The Balaban J connectivity index is 2.08. The Morgan fingerprint density at radius 2 is 2.15 bits per heavy atom. The quantitative estimate of drug-likeness (QED) is 0.817. The van der Waals surface area contributed by atoms with Crippen molar-refractivity contribution in [3.8, 4) is 0 Å². The van der Waals surface area contributed by atoms with Gasteiger partial charge in [0.25, 0.3) is 0 Å². The van der Waals surface area contributed by atoms with Gasteiger partial charge in [-0.3, -0.25) is 0 Å². The van der Waals surface area contributed by atoms with Crippen molar-refractivity contribution >= 4 is 17.7 Å². The molecule has 1 aliphatic heterocycles. The molecule has 1 aromatic rings. The van der Waals surface area contributed by atoms with E-state index in [-0.39, 0.29) is 17.3 Å². The number of amides is 2. The molecule has 1 aromatic carbocycles. The Hall–Kier alpha value is -2.37. The van der Waals surface area contributed by atoms with Crippen LogP contribution < -0.4 is 5.32 Å². The summed E-state index contributed by atoms with van der Waals surface area (Å²) in [4.78, 5) is 24.3. The van der Waals surface area contributed by atoms with Crippen LogP contribution in [0.4, 0.5) is 14.9 Å². The van der Waals surface area contributed by atoms with E-state index in [1.165, 1.54) is 12.1 Å². The number of halogens is 1. The maximum Gasteiger partial charge on any atom is 0.335 e. The monoisotopic (exact) mass is 278 g/mol. The van der Waals surface area contributed by atoms with Crippen LogP contribution in [0.25, 0.3) is 0 Å². The fourth-order valence-corrected chi connectivity index (χ4v) is 2.03. The number of anilines is 1. The summed E-state index contributed by atoms with van der Waals surface area (Å²) in [5.41, 5.74) is 0.914. The van der Waals surface area contributed by atoms with E-state index in [4.69, 9.17) is 5.11 Å². The average Bonchev–Trinajstić information content (AvgIpc) is 2.40. The summed E-state index contributed by atoms with van der Waals surface area (Å²) in [6.07, 6.45) is 2.84. The SMILES string of the molecule is CC1=CCCN(C(=O)Nc2ccc(C(=O)O)cc2F)C1. The van der Waals surface area contributed by atoms with Crippen molar-refractivity contribution in [1.82, 2.24) is 4.90 Å². The van der Waals surface area contributed by atoms with E-state index < -0.39 is 11.8 Å². The van der Waals surface area contributed by atoms with Gasteiger partial charge in [0.15, 0.2) is 0 Å². The van der Waals surface area contributed by atoms with Crippen molar-refractivity contribution in [1.29, 1.82) is 0 Å². The minimum atomic E-state index is -1.21. The summed E-state index contributed by atoms with van der Waals surface area (Å²) in [5.74, 6) is -1.97. The fraction of sp³-hybridized carbons (Fsp3) is 0.286. The number of rotatable bonds is 2. The Bertz CT molecular complexity index is 584. The van der Waals surface area contributed by atoms with Gasteiger partial charge in [0.1, 0.15) is 5.82 Å². The van der Waals surface area contributed by atoms with Gasteiger partial charge >= 0.3 is 12.0 Å². The Kier molecular flexibility index (Phi) is 4.02. The van der Waals surface area contributed by atoms with Gasteiger partial charge in [0, 0.05) is 13.1 Å². The largest absolute Gasteiger partial charge is 0.478 e. The smallest absolute Gasteiger partial charge is 0.335 e. The highest BCUT2D eigenvalue weighted by atomic mass is 19.1. The van der Waals surface area contributed by atoms with Crippen LogP contribution >= 0.6 is 0 Å². The summed E-state index contributed by atoms with van der Waals surface area (Å²) < 4.78 is 13.7. The molecule has 6 heteroatoms. The lowest BCUT2D eigenvalue weighted by Gasteiger charge is -2.26. The molecule has 0 aromatic heterocycles. The summed E-state index contributed by atoms with van der Waals surface area (Å²) in [6, 6.07) is 3.00. The Morgan fingerprint density at radius 1 is 1.40 bits per heavy atom. The van der Waals surface area contributed by atoms with Gasteiger partial charge in [-0.1, -0.05) is 11.6 Å². The van der Waals surface area contributed by atoms with Crippen molar-refractivity contribution < 1.29 is 19.1 Å². The first-order valence-corrected chi connectivity index (χ1v) is 6.22. The van der Waals surface area contributed by atoms with Crippen molar-refractivity contribution in [3.63, 3.8) is 0 Å². The number of urea groups is 1. The number of nitrogens with one attached hydrogen (secondary N) is 1. The van der Waals surface area contributed by atoms with E-state index in [1.54, 1.807) is 4.90 Å². The Labute approximate surface area is 115 Å². The molecule has 0 spiro atoms. The lowest BCUT2D eigenvalue weighted by atomic mass is 10.1. The Morgan fingerprint density at radius 3 is 2.75 bits per heavy atom. The minimum absolute atomic E-state index is 0.0211. The molecule has 0 fully saturated rings. The van der Waals surface area contributed by atoms with Crippen LogP contribution in [-0.4, -0.2) is 35.1 Å². The van der Waals surface area contributed by atoms with Crippen LogP contribution in [0.5, 0.6) is 0 Å². The summed E-state index contributed by atoms with van der Waals surface area (Å²) in [6.45, 7) is 3.03. The van der Waals surface area contributed by atoms with Crippen LogP contribution in [0.15, 0.2) is 29.8 Å². The first-order valence-electron chi connectivity index (χ1n) is 6.22. The number of carboxylic acid groups (broad SMARTS) is 1. The fourth-order valence-electron chi connectivity index (χ4n) is 2.03. The van der Waals surface area contributed by atoms with Crippen LogP contribution in [0.3, 0.4) is 0 Å². The second-order valence-corrected chi connectivity index (χ2v) is 4.69. The van der Waals surface area contributed by atoms with Crippen LogP contribution in [0.1, 0.15) is 23.7 Å². The normalized spacial score (nSPS) is 14.7. The summed E-state index contributed by atoms with van der Waals surface area (Å²) in [7, 11) is 0. The van der Waals surface area contributed by atoms with Crippen LogP contribution in [0.2, 0.25) is 0 Å². The number of carbonyl (C=O) groups excluding carboxylic acids is 1. The third-order valence-corrected chi connectivity index (χ3v) is 3.08. The maximum atomic E-state index is 13.7. The minimum Gasteiger partial charge on any atom is -0.478 e. The van der Waals surface area contributed by atoms with Gasteiger partial charge in [-0.25, -0.2) is 14.0 Å². The number of aromatic carboxylic acids is 1. The molecule has 20 heavy (non-hydrogen) atoms. The van der Waals surface area contributed by atoms with Crippen LogP contribution in [0, 0.1) is 5.82 Å². The van der Waals surface area contributed by atoms with Gasteiger partial charge < -0.3 is 15.3 Å². The van der Waals surface area contributed by atoms with E-state index in [2.05, 4.69) is 11.4 Å². The molecule has 5 nitrogen and oxygen atoms in total. The number of carbonyl (C=O) groups is 2. The third-order valence-electron chi connectivity index (χ3n) is 3.08. The van der Waals surface area contributed by atoms with Crippen molar-refractivity contribution in [2.75, 3.05) is 18.4 Å². The van der Waals surface area contributed by atoms with Crippen LogP contribution in [-0.2, 0) is 0 Å². The standard InChI is InChI=1S/C14H15FN2O3/c1-9-3-2-6-17(8-9)14(20)16-12-5-4-10(13(18)19)7-11(12)15/h3-5,7H,2,6,8H2,1H3,(H,16,20)(H,18,19). The zero-order valence-corrected chi connectivity index (χ0v) is 11.0. The third kappa shape index (κ3) is 3.14. The highest BCUT2D eigenvalue weighted by Crippen LogP contribution is 2.17. The summed E-state index contributed by atoms with van der Waals surface area (Å²) >= 11 is 0. The molecule has 106 valence electrons. The molecule has 2 amide bonds. The van der Waals surface area contributed by atoms with E-state index in [0.717, 1.165) is 18.1 Å². The topological polar surface area (TPSA) is 69.6 Å². The zero-order valence-electron chi connectivity index (χ0n) is 11.0. The molecular weight excluding hydrogens is 263 g/mol. The number of hydrogen-bond acceptors (Lipinski definition) is 2. The second-order valence-electron chi connectivity index (χ2n) is 4.69. The first kappa shape index (κ1) is 14.0. The summed E-state index contributed by atoms with van der Waals surface area (Å²) in [5, 5.41) is 11.2. The molecule has 0 aliphatic carbocycles. The molecular formula is C14H15FN2O3. The molecule has 0 saturated heterocycles. The molecule has 0 bridgehead atoms.